The number of aromatic nitrogens is 3. The van der Waals surface area contributed by atoms with E-state index in [1.54, 1.807) is 13.3 Å². The zero-order chi connectivity index (χ0) is 20.5. The standard InChI is InChI=1S/C24H16N3O2S/c1-29-24-26-20(14-30-24)19-13-25-23(28)18-12-17(15-8-4-2-5-9-15)21(27-22(18)19)16-10-6-3-7-11-16/h2,4-14H,1H3,(H,25,28). The summed E-state index contributed by atoms with van der Waals surface area (Å²) in [4.78, 5) is 13.7. The maximum absolute atomic E-state index is 10.5. The van der Waals surface area contributed by atoms with Crippen molar-refractivity contribution in [2.75, 3.05) is 7.11 Å². The molecule has 0 bridgehead atoms. The van der Waals surface area contributed by atoms with E-state index in [2.05, 4.69) is 16.0 Å². The van der Waals surface area contributed by atoms with E-state index in [1.807, 2.05) is 66.0 Å². The summed E-state index contributed by atoms with van der Waals surface area (Å²) in [5, 5.41) is 13.6. The third kappa shape index (κ3) is 3.17. The summed E-state index contributed by atoms with van der Waals surface area (Å²) in [6.07, 6.45) is 1.60. The number of hydrogen-bond donors (Lipinski definition) is 1. The van der Waals surface area contributed by atoms with Crippen LogP contribution in [0.3, 0.4) is 0 Å². The molecule has 0 saturated carbocycles. The van der Waals surface area contributed by atoms with Crippen LogP contribution < -0.4 is 4.74 Å². The van der Waals surface area contributed by atoms with Gasteiger partial charge in [0, 0.05) is 28.3 Å². The van der Waals surface area contributed by atoms with Gasteiger partial charge in [-0.1, -0.05) is 65.9 Å². The van der Waals surface area contributed by atoms with E-state index in [4.69, 9.17) is 9.72 Å². The Kier molecular flexibility index (Phi) is 4.61. The smallest absolute Gasteiger partial charge is 0.273 e. The van der Waals surface area contributed by atoms with Crippen LogP contribution in [0.25, 0.3) is 44.5 Å². The maximum Gasteiger partial charge on any atom is 0.273 e. The Morgan fingerprint density at radius 3 is 2.50 bits per heavy atom. The number of benzene rings is 2. The van der Waals surface area contributed by atoms with Crippen molar-refractivity contribution in [2.24, 2.45) is 0 Å². The van der Waals surface area contributed by atoms with Crippen LogP contribution in [0, 0.1) is 6.07 Å². The van der Waals surface area contributed by atoms with Gasteiger partial charge in [0.2, 0.25) is 5.88 Å². The maximum atomic E-state index is 10.5. The first-order valence-electron chi connectivity index (χ1n) is 9.29. The molecule has 5 aromatic rings. The van der Waals surface area contributed by atoms with Crippen molar-refractivity contribution in [3.05, 3.63) is 78.3 Å². The van der Waals surface area contributed by atoms with Gasteiger partial charge in [-0.3, -0.25) is 0 Å². The Hall–Kier alpha value is -3.77. The van der Waals surface area contributed by atoms with E-state index in [0.717, 1.165) is 27.9 Å². The van der Waals surface area contributed by atoms with E-state index in [9.17, 15) is 5.11 Å². The number of rotatable bonds is 4. The molecule has 0 aliphatic carbocycles. The van der Waals surface area contributed by atoms with Crippen LogP contribution >= 0.6 is 11.3 Å². The molecule has 3 aromatic heterocycles. The monoisotopic (exact) mass is 410 g/mol. The lowest BCUT2D eigenvalue weighted by molar-refractivity contribution is 0.412. The minimum absolute atomic E-state index is 0.0615. The third-order valence-corrected chi connectivity index (χ3v) is 5.65. The molecule has 1 radical (unpaired) electrons. The molecule has 0 spiro atoms. The summed E-state index contributed by atoms with van der Waals surface area (Å²) in [6, 6.07) is 22.7. The molecule has 145 valence electrons. The Balaban J connectivity index is 1.84. The van der Waals surface area contributed by atoms with Crippen molar-refractivity contribution < 1.29 is 9.84 Å². The van der Waals surface area contributed by atoms with E-state index in [1.165, 1.54) is 11.3 Å². The lowest BCUT2D eigenvalue weighted by Gasteiger charge is -2.13. The minimum atomic E-state index is -0.0615. The van der Waals surface area contributed by atoms with Gasteiger partial charge in [-0.2, -0.15) is 0 Å². The molecule has 2 aromatic carbocycles. The van der Waals surface area contributed by atoms with Crippen molar-refractivity contribution in [1.82, 2.24) is 15.0 Å². The van der Waals surface area contributed by atoms with Crippen molar-refractivity contribution in [2.45, 2.75) is 0 Å². The largest absolute Gasteiger partial charge is 0.493 e. The number of thiazole rings is 1. The molecule has 6 heteroatoms. The van der Waals surface area contributed by atoms with Crippen LogP contribution in [0.15, 0.2) is 72.2 Å². The third-order valence-electron chi connectivity index (χ3n) is 4.84. The average molecular weight is 410 g/mol. The summed E-state index contributed by atoms with van der Waals surface area (Å²) in [5.41, 5.74) is 5.80. The zero-order valence-corrected chi connectivity index (χ0v) is 16.9. The highest BCUT2D eigenvalue weighted by Crippen LogP contribution is 2.39. The molecule has 0 atom stereocenters. The van der Waals surface area contributed by atoms with E-state index in [-0.39, 0.29) is 5.88 Å². The van der Waals surface area contributed by atoms with Gasteiger partial charge < -0.3 is 9.84 Å². The zero-order valence-electron chi connectivity index (χ0n) is 16.0. The van der Waals surface area contributed by atoms with Gasteiger partial charge in [0.05, 0.1) is 29.4 Å². The second-order valence-corrected chi connectivity index (χ2v) is 7.45. The predicted molar refractivity (Wildman–Crippen MR) is 119 cm³/mol. The number of nitrogens with zero attached hydrogens (tertiary/aromatic N) is 3. The van der Waals surface area contributed by atoms with Crippen LogP contribution in [0.2, 0.25) is 0 Å². The molecule has 1 N–H and O–H groups in total. The summed E-state index contributed by atoms with van der Waals surface area (Å²) in [6.45, 7) is 0. The van der Waals surface area contributed by atoms with E-state index in [0.29, 0.717) is 21.8 Å². The highest BCUT2D eigenvalue weighted by Gasteiger charge is 2.18. The minimum Gasteiger partial charge on any atom is -0.493 e. The Morgan fingerprint density at radius 1 is 0.967 bits per heavy atom. The van der Waals surface area contributed by atoms with E-state index < -0.39 is 0 Å². The Labute approximate surface area is 177 Å². The van der Waals surface area contributed by atoms with E-state index >= 15 is 0 Å². The van der Waals surface area contributed by atoms with Crippen molar-refractivity contribution in [3.8, 4) is 44.7 Å². The molecule has 5 nitrogen and oxygen atoms in total. The van der Waals surface area contributed by atoms with Crippen molar-refractivity contribution >= 4 is 22.2 Å². The van der Waals surface area contributed by atoms with Crippen LogP contribution in [-0.2, 0) is 0 Å². The van der Waals surface area contributed by atoms with Gasteiger partial charge in [-0.25, -0.2) is 15.0 Å². The number of methoxy groups -OCH3 is 1. The quantitative estimate of drug-likeness (QED) is 0.418. The fourth-order valence-corrected chi connectivity index (χ4v) is 4.05. The first kappa shape index (κ1) is 18.3. The molecule has 0 unspecified atom stereocenters. The number of fused-ring (bicyclic) bond motifs is 1. The van der Waals surface area contributed by atoms with Gasteiger partial charge in [0.1, 0.15) is 0 Å². The molecule has 0 amide bonds. The Bertz CT molecular complexity index is 1340. The van der Waals surface area contributed by atoms with Gasteiger partial charge in [-0.05, 0) is 17.7 Å². The molecule has 0 fully saturated rings. The summed E-state index contributed by atoms with van der Waals surface area (Å²) in [7, 11) is 1.59. The molecular weight excluding hydrogens is 394 g/mol. The molecule has 0 aliphatic heterocycles. The molecule has 0 aliphatic rings. The van der Waals surface area contributed by atoms with Crippen LogP contribution in [0.1, 0.15) is 0 Å². The number of aromatic hydroxyl groups is 1. The molecule has 5 rings (SSSR count). The lowest BCUT2D eigenvalue weighted by atomic mass is 9.97. The first-order chi connectivity index (χ1) is 14.7. The second kappa shape index (κ2) is 7.57. The van der Waals surface area contributed by atoms with Gasteiger partial charge in [0.25, 0.3) is 5.19 Å². The van der Waals surface area contributed by atoms with Crippen LogP contribution in [-0.4, -0.2) is 27.2 Å². The summed E-state index contributed by atoms with van der Waals surface area (Å²) in [5.74, 6) is -0.0615. The molecule has 3 heterocycles. The highest BCUT2D eigenvalue weighted by atomic mass is 32.1. The molecular formula is C24H16N3O2S. The fraction of sp³-hybridized carbons (Fsp3) is 0.0417. The first-order valence-corrected chi connectivity index (χ1v) is 10.2. The summed E-state index contributed by atoms with van der Waals surface area (Å²) >= 11 is 1.40. The number of pyridine rings is 2. The normalized spacial score (nSPS) is 11.0. The second-order valence-electron chi connectivity index (χ2n) is 6.63. The topological polar surface area (TPSA) is 68.1 Å². The van der Waals surface area contributed by atoms with Crippen molar-refractivity contribution in [3.63, 3.8) is 0 Å². The molecule has 0 saturated heterocycles. The molecule has 30 heavy (non-hydrogen) atoms. The Morgan fingerprint density at radius 2 is 1.77 bits per heavy atom. The number of ether oxygens (including phenoxy) is 1. The van der Waals surface area contributed by atoms with Crippen LogP contribution in [0.4, 0.5) is 0 Å². The average Bonchev–Trinajstić information content (AvgIpc) is 3.29. The van der Waals surface area contributed by atoms with Gasteiger partial charge >= 0.3 is 0 Å². The van der Waals surface area contributed by atoms with Gasteiger partial charge in [0.15, 0.2) is 0 Å². The lowest BCUT2D eigenvalue weighted by Crippen LogP contribution is -1.95. The SMILES string of the molecule is COc1nc(-c2cnc(O)c3cc(-c4ccccc4)c(-c4cc[c]cc4)nc23)cs1. The number of hydrogen-bond acceptors (Lipinski definition) is 6. The predicted octanol–water partition coefficient (Wildman–Crippen LogP) is 5.60. The summed E-state index contributed by atoms with van der Waals surface area (Å²) < 4.78 is 5.24. The fourth-order valence-electron chi connectivity index (χ4n) is 3.41. The van der Waals surface area contributed by atoms with Crippen molar-refractivity contribution in [1.29, 1.82) is 0 Å². The van der Waals surface area contributed by atoms with Gasteiger partial charge in [-0.15, -0.1) is 0 Å². The van der Waals surface area contributed by atoms with Crippen LogP contribution in [0.5, 0.6) is 11.1 Å². The highest BCUT2D eigenvalue weighted by molar-refractivity contribution is 7.11.